The lowest BCUT2D eigenvalue weighted by atomic mass is 9.99. The summed E-state index contributed by atoms with van der Waals surface area (Å²) in [6.07, 6.45) is 1.08. The number of benzene rings is 3. The minimum Gasteiger partial charge on any atom is -0.485 e. The number of hydrogen-bond acceptors (Lipinski definition) is 6. The van der Waals surface area contributed by atoms with Crippen molar-refractivity contribution in [2.75, 3.05) is 11.1 Å². The van der Waals surface area contributed by atoms with Gasteiger partial charge in [0.05, 0.1) is 5.75 Å². The first-order valence-corrected chi connectivity index (χ1v) is 12.3. The average Bonchev–Trinajstić information content (AvgIpc) is 3.29. The number of fused-ring (bicyclic) bond motifs is 1. The number of rotatable bonds is 8. The van der Waals surface area contributed by atoms with Crippen LogP contribution in [-0.4, -0.2) is 32.2 Å². The maximum atomic E-state index is 13.0. The Morgan fingerprint density at radius 2 is 1.83 bits per heavy atom. The number of amides is 1. The molecule has 35 heavy (non-hydrogen) atoms. The number of aryl methyl sites for hydroxylation is 2. The summed E-state index contributed by atoms with van der Waals surface area (Å²) in [4.78, 5) is 24.6. The molecule has 0 radical (unpaired) electrons. The first kappa shape index (κ1) is 22.9. The molecule has 4 aromatic rings. The van der Waals surface area contributed by atoms with Gasteiger partial charge in [0.2, 0.25) is 5.91 Å². The molecule has 0 atom stereocenters. The molecule has 1 amide bonds. The average molecular weight is 485 g/mol. The van der Waals surface area contributed by atoms with Gasteiger partial charge in [-0.1, -0.05) is 48.2 Å². The van der Waals surface area contributed by atoms with Crippen LogP contribution >= 0.6 is 11.8 Å². The zero-order chi connectivity index (χ0) is 24.2. The predicted octanol–water partition coefficient (Wildman–Crippen LogP) is 5.01. The van der Waals surface area contributed by atoms with Gasteiger partial charge in [-0.3, -0.25) is 14.2 Å². The number of nitrogens with one attached hydrogen (secondary N) is 1. The summed E-state index contributed by atoms with van der Waals surface area (Å²) in [6, 6.07) is 23.1. The van der Waals surface area contributed by atoms with E-state index in [0.717, 1.165) is 28.3 Å². The molecular formula is C27H24N4O3S. The fraction of sp³-hybridized carbons (Fsp3) is 0.185. The molecule has 176 valence electrons. The Balaban J connectivity index is 1.34. The second-order valence-corrected chi connectivity index (χ2v) is 9.20. The molecule has 1 N–H and O–H groups in total. The predicted molar refractivity (Wildman–Crippen MR) is 135 cm³/mol. The second-order valence-electron chi connectivity index (χ2n) is 8.26. The molecule has 1 aliphatic rings. The number of carbonyl (C=O) groups is 2. The topological polar surface area (TPSA) is 86.1 Å². The van der Waals surface area contributed by atoms with Crippen LogP contribution in [0.25, 0.3) is 5.69 Å². The highest BCUT2D eigenvalue weighted by Gasteiger charge is 2.19. The number of aromatic nitrogens is 3. The summed E-state index contributed by atoms with van der Waals surface area (Å²) in [7, 11) is 0. The van der Waals surface area contributed by atoms with E-state index >= 15 is 0 Å². The Labute approximate surface area is 207 Å². The van der Waals surface area contributed by atoms with Crippen molar-refractivity contribution in [2.45, 2.75) is 31.5 Å². The molecule has 0 aliphatic carbocycles. The van der Waals surface area contributed by atoms with Crippen LogP contribution in [0.4, 0.5) is 5.69 Å². The summed E-state index contributed by atoms with van der Waals surface area (Å²) in [6.45, 7) is 2.25. The first-order valence-electron chi connectivity index (χ1n) is 11.4. The van der Waals surface area contributed by atoms with Gasteiger partial charge in [-0.05, 0) is 60.9 Å². The van der Waals surface area contributed by atoms with Gasteiger partial charge in [-0.2, -0.15) is 0 Å². The third-order valence-electron chi connectivity index (χ3n) is 5.82. The van der Waals surface area contributed by atoms with Crippen molar-refractivity contribution in [1.82, 2.24) is 14.8 Å². The molecule has 1 aliphatic heterocycles. The largest absolute Gasteiger partial charge is 0.485 e. The maximum absolute atomic E-state index is 13.0. The van der Waals surface area contributed by atoms with Gasteiger partial charge in [0.25, 0.3) is 0 Å². The number of anilines is 1. The fourth-order valence-corrected chi connectivity index (χ4v) is 4.82. The standard InChI is InChI=1S/C27H24N4O3S/c1-18-7-5-6-10-24(18)34-16-25-29-30-27(31(25)21-8-3-2-4-9-21)35-17-23(32)20-11-13-22-19(15-20)12-14-26(33)28-22/h2-11,13,15H,12,14,16-17H2,1H3,(H,28,33). The van der Waals surface area contributed by atoms with Crippen LogP contribution in [0.15, 0.2) is 78.0 Å². The highest BCUT2D eigenvalue weighted by molar-refractivity contribution is 7.99. The lowest BCUT2D eigenvalue weighted by molar-refractivity contribution is -0.116. The minimum absolute atomic E-state index is 0.00461. The van der Waals surface area contributed by atoms with E-state index in [1.54, 1.807) is 12.1 Å². The Bertz CT molecular complexity index is 1380. The number of thioether (sulfide) groups is 1. The number of Topliss-reactive ketones (excluding diaryl/α,β-unsaturated/α-hetero) is 1. The van der Waals surface area contributed by atoms with Gasteiger partial charge in [-0.15, -0.1) is 10.2 Å². The van der Waals surface area contributed by atoms with E-state index in [0.29, 0.717) is 29.4 Å². The molecule has 0 spiro atoms. The third-order valence-corrected chi connectivity index (χ3v) is 6.75. The highest BCUT2D eigenvalue weighted by atomic mass is 32.2. The van der Waals surface area contributed by atoms with E-state index in [1.165, 1.54) is 11.8 Å². The SMILES string of the molecule is Cc1ccccc1OCc1nnc(SCC(=O)c2ccc3c(c2)CCC(=O)N3)n1-c1ccccc1. The Morgan fingerprint density at radius 1 is 1.03 bits per heavy atom. The van der Waals surface area contributed by atoms with E-state index in [4.69, 9.17) is 4.74 Å². The second kappa shape index (κ2) is 10.1. The van der Waals surface area contributed by atoms with Gasteiger partial charge in [0.1, 0.15) is 12.4 Å². The van der Waals surface area contributed by atoms with Gasteiger partial charge in [0.15, 0.2) is 16.8 Å². The summed E-state index contributed by atoms with van der Waals surface area (Å²) in [5.74, 6) is 1.67. The zero-order valence-electron chi connectivity index (χ0n) is 19.2. The summed E-state index contributed by atoms with van der Waals surface area (Å²) < 4.78 is 7.95. The van der Waals surface area contributed by atoms with Gasteiger partial charge >= 0.3 is 0 Å². The number of ether oxygens (including phenoxy) is 1. The smallest absolute Gasteiger partial charge is 0.224 e. The highest BCUT2D eigenvalue weighted by Crippen LogP contribution is 2.27. The fourth-order valence-electron chi connectivity index (χ4n) is 3.95. The van der Waals surface area contributed by atoms with Crippen molar-refractivity contribution in [1.29, 1.82) is 0 Å². The minimum atomic E-state index is -0.00461. The van der Waals surface area contributed by atoms with E-state index in [-0.39, 0.29) is 24.1 Å². The molecule has 8 heteroatoms. The molecule has 1 aromatic heterocycles. The summed E-state index contributed by atoms with van der Waals surface area (Å²) in [5.41, 5.74) is 4.35. The number of hydrogen-bond donors (Lipinski definition) is 1. The Hall–Kier alpha value is -3.91. The molecular weight excluding hydrogens is 460 g/mol. The summed E-state index contributed by atoms with van der Waals surface area (Å²) in [5, 5.41) is 12.2. The van der Waals surface area contributed by atoms with E-state index in [9.17, 15) is 9.59 Å². The molecule has 0 bridgehead atoms. The van der Waals surface area contributed by atoms with E-state index in [2.05, 4.69) is 15.5 Å². The van der Waals surface area contributed by atoms with Crippen LogP contribution < -0.4 is 10.1 Å². The number of carbonyl (C=O) groups excluding carboxylic acids is 2. The van der Waals surface area contributed by atoms with Crippen LogP contribution in [0.5, 0.6) is 5.75 Å². The molecule has 0 fully saturated rings. The number of ketones is 1. The van der Waals surface area contributed by atoms with Crippen LogP contribution in [0.3, 0.4) is 0 Å². The molecule has 5 rings (SSSR count). The van der Waals surface area contributed by atoms with Crippen molar-refractivity contribution in [3.63, 3.8) is 0 Å². The molecule has 0 unspecified atom stereocenters. The van der Waals surface area contributed by atoms with Crippen molar-refractivity contribution >= 4 is 29.1 Å². The quantitative estimate of drug-likeness (QED) is 0.279. The van der Waals surface area contributed by atoms with Crippen molar-refractivity contribution in [3.8, 4) is 11.4 Å². The first-order chi connectivity index (χ1) is 17.1. The zero-order valence-corrected chi connectivity index (χ0v) is 20.0. The van der Waals surface area contributed by atoms with Crippen molar-refractivity contribution < 1.29 is 14.3 Å². The normalized spacial score (nSPS) is 12.7. The molecule has 3 aromatic carbocycles. The molecule has 2 heterocycles. The molecule has 7 nitrogen and oxygen atoms in total. The summed E-state index contributed by atoms with van der Waals surface area (Å²) >= 11 is 1.34. The lowest BCUT2D eigenvalue weighted by Gasteiger charge is -2.17. The molecule has 0 saturated heterocycles. The number of nitrogens with zero attached hydrogens (tertiary/aromatic N) is 3. The monoisotopic (exact) mass is 484 g/mol. The van der Waals surface area contributed by atoms with Crippen LogP contribution in [0.2, 0.25) is 0 Å². The third kappa shape index (κ3) is 5.12. The molecule has 0 saturated carbocycles. The lowest BCUT2D eigenvalue weighted by Crippen LogP contribution is -2.19. The maximum Gasteiger partial charge on any atom is 0.224 e. The van der Waals surface area contributed by atoms with Crippen molar-refractivity contribution in [3.05, 3.63) is 95.3 Å². The van der Waals surface area contributed by atoms with Gasteiger partial charge < -0.3 is 10.1 Å². The Kier molecular flexibility index (Phi) is 6.63. The van der Waals surface area contributed by atoms with Gasteiger partial charge in [0, 0.05) is 23.4 Å². The van der Waals surface area contributed by atoms with E-state index in [1.807, 2.05) is 72.2 Å². The van der Waals surface area contributed by atoms with Crippen molar-refractivity contribution in [2.24, 2.45) is 0 Å². The van der Waals surface area contributed by atoms with Crippen LogP contribution in [0, 0.1) is 6.92 Å². The van der Waals surface area contributed by atoms with Crippen LogP contribution in [-0.2, 0) is 17.8 Å². The Morgan fingerprint density at radius 3 is 2.66 bits per heavy atom. The number of para-hydroxylation sites is 2. The van der Waals surface area contributed by atoms with Gasteiger partial charge in [-0.25, -0.2) is 0 Å². The van der Waals surface area contributed by atoms with E-state index < -0.39 is 0 Å². The van der Waals surface area contributed by atoms with Crippen LogP contribution in [0.1, 0.15) is 33.7 Å².